The van der Waals surface area contributed by atoms with Crippen molar-refractivity contribution in [3.63, 3.8) is 0 Å². The molecule has 172 valence electrons. The summed E-state index contributed by atoms with van der Waals surface area (Å²) in [5, 5.41) is 13.4. The highest BCUT2D eigenvalue weighted by Gasteiger charge is 2.37. The molecule has 0 aliphatic rings. The number of nitrogens with zero attached hydrogens (tertiary/aromatic N) is 3. The van der Waals surface area contributed by atoms with Crippen LogP contribution in [0.3, 0.4) is 0 Å². The first-order chi connectivity index (χ1) is 14.6. The lowest BCUT2D eigenvalue weighted by Gasteiger charge is -2.15. The second-order valence-electron chi connectivity index (χ2n) is 5.71. The smallest absolute Gasteiger partial charge is 0.446 e. The van der Waals surface area contributed by atoms with Crippen molar-refractivity contribution >= 4 is 52.7 Å². The zero-order valence-corrected chi connectivity index (χ0v) is 17.7. The number of alkyl halides is 6. The van der Waals surface area contributed by atoms with Crippen molar-refractivity contribution in [3.8, 4) is 11.8 Å². The monoisotopic (exact) mass is 520 g/mol. The van der Waals surface area contributed by atoms with Gasteiger partial charge >= 0.3 is 17.7 Å². The number of nitriles is 1. The number of carbonyl (C=O) groups is 2. The van der Waals surface area contributed by atoms with Gasteiger partial charge in [-0.05, 0) is 23.9 Å². The number of ether oxygens (including phenoxy) is 1. The molecular formula is C16H8Cl2F6N4O3S. The number of carbonyl (C=O) groups excluding carboxylic acids is 2. The molecule has 0 fully saturated rings. The van der Waals surface area contributed by atoms with Gasteiger partial charge in [0.1, 0.15) is 11.8 Å². The van der Waals surface area contributed by atoms with Gasteiger partial charge in [-0.3, -0.25) is 9.59 Å². The van der Waals surface area contributed by atoms with Crippen LogP contribution in [0.1, 0.15) is 18.2 Å². The van der Waals surface area contributed by atoms with Gasteiger partial charge < -0.3 is 10.1 Å². The number of rotatable bonds is 5. The van der Waals surface area contributed by atoms with E-state index in [1.165, 1.54) is 6.07 Å². The Morgan fingerprint density at radius 1 is 1.22 bits per heavy atom. The molecule has 32 heavy (non-hydrogen) atoms. The third-order valence-corrected chi connectivity index (χ3v) is 4.78. The van der Waals surface area contributed by atoms with Crippen LogP contribution in [0.5, 0.6) is 0 Å². The lowest BCUT2D eigenvalue weighted by Crippen LogP contribution is -2.22. The summed E-state index contributed by atoms with van der Waals surface area (Å²) in [7, 11) is 0. The number of halogens is 8. The highest BCUT2D eigenvalue weighted by molar-refractivity contribution is 8.00. The van der Waals surface area contributed by atoms with E-state index in [0.717, 1.165) is 6.92 Å². The van der Waals surface area contributed by atoms with Crippen molar-refractivity contribution in [3.05, 3.63) is 33.4 Å². The molecule has 0 aliphatic carbocycles. The molecule has 0 saturated carbocycles. The summed E-state index contributed by atoms with van der Waals surface area (Å²) in [5.41, 5.74) is -7.56. The van der Waals surface area contributed by atoms with E-state index in [1.807, 2.05) is 5.32 Å². The standard InChI is InChI=1S/C16H8Cl2F6N4O3S/c1-6(29)31-5-11(30)26-14-13(32-16(22,23)24)10(4-25)27-28(14)12-8(17)2-7(3-9(12)18)15(19,20)21/h2-3H,5H2,1H3,(H,26,30). The third-order valence-electron chi connectivity index (χ3n) is 3.39. The van der Waals surface area contributed by atoms with Crippen LogP contribution in [0.15, 0.2) is 17.0 Å². The average Bonchev–Trinajstić information content (AvgIpc) is 2.94. The number of hydrogen-bond donors (Lipinski definition) is 1. The molecule has 0 radical (unpaired) electrons. The summed E-state index contributed by atoms with van der Waals surface area (Å²) in [4.78, 5) is 22.0. The van der Waals surface area contributed by atoms with Crippen LogP contribution in [0.25, 0.3) is 5.69 Å². The van der Waals surface area contributed by atoms with Crippen LogP contribution in [0.2, 0.25) is 10.0 Å². The molecule has 1 heterocycles. The highest BCUT2D eigenvalue weighted by atomic mass is 35.5. The summed E-state index contributed by atoms with van der Waals surface area (Å²) in [5.74, 6) is -2.77. The number of amides is 1. The number of nitrogens with one attached hydrogen (secondary N) is 1. The highest BCUT2D eigenvalue weighted by Crippen LogP contribution is 2.45. The van der Waals surface area contributed by atoms with Crippen molar-refractivity contribution in [2.75, 3.05) is 11.9 Å². The van der Waals surface area contributed by atoms with Crippen molar-refractivity contribution in [1.82, 2.24) is 9.78 Å². The summed E-state index contributed by atoms with van der Waals surface area (Å²) < 4.78 is 83.0. The molecule has 0 unspecified atom stereocenters. The van der Waals surface area contributed by atoms with Crippen LogP contribution in [-0.2, 0) is 20.5 Å². The number of benzene rings is 1. The normalized spacial score (nSPS) is 11.8. The first kappa shape index (κ1) is 25.6. The van der Waals surface area contributed by atoms with Crippen LogP contribution in [-0.4, -0.2) is 33.8 Å². The SMILES string of the molecule is CC(=O)OCC(=O)Nc1c(SC(F)(F)F)c(C#N)nn1-c1c(Cl)cc(C(F)(F)F)cc1Cl. The van der Waals surface area contributed by atoms with Gasteiger partial charge in [0, 0.05) is 6.92 Å². The van der Waals surface area contributed by atoms with Gasteiger partial charge in [-0.15, -0.1) is 0 Å². The average molecular weight is 521 g/mol. The summed E-state index contributed by atoms with van der Waals surface area (Å²) in [6.07, 6.45) is -4.84. The molecule has 1 N–H and O–H groups in total. The van der Waals surface area contributed by atoms with Crippen LogP contribution in [0.4, 0.5) is 32.2 Å². The fourth-order valence-electron chi connectivity index (χ4n) is 2.23. The zero-order chi connectivity index (χ0) is 24.4. The molecule has 7 nitrogen and oxygen atoms in total. The minimum Gasteiger partial charge on any atom is -0.456 e. The lowest BCUT2D eigenvalue weighted by molar-refractivity contribution is -0.145. The number of esters is 1. The van der Waals surface area contributed by atoms with Gasteiger partial charge in [0.15, 0.2) is 18.1 Å². The lowest BCUT2D eigenvalue weighted by atomic mass is 10.2. The predicted molar refractivity (Wildman–Crippen MR) is 100 cm³/mol. The molecule has 16 heteroatoms. The van der Waals surface area contributed by atoms with Crippen molar-refractivity contribution in [2.24, 2.45) is 0 Å². The molecule has 0 saturated heterocycles. The predicted octanol–water partition coefficient (Wildman–Crippen LogP) is 5.18. The van der Waals surface area contributed by atoms with Gasteiger partial charge in [0.2, 0.25) is 0 Å². The maximum absolute atomic E-state index is 13.0. The Morgan fingerprint density at radius 3 is 2.22 bits per heavy atom. The molecular weight excluding hydrogens is 513 g/mol. The summed E-state index contributed by atoms with van der Waals surface area (Å²) in [6, 6.07) is 2.28. The van der Waals surface area contributed by atoms with Crippen LogP contribution in [0, 0.1) is 11.3 Å². The Hall–Kier alpha value is -2.63. The van der Waals surface area contributed by atoms with E-state index in [4.69, 9.17) is 23.2 Å². The molecule has 1 aromatic heterocycles. The quantitative estimate of drug-likeness (QED) is 0.331. The molecule has 2 rings (SSSR count). The van der Waals surface area contributed by atoms with Crippen molar-refractivity contribution in [2.45, 2.75) is 23.5 Å². The van der Waals surface area contributed by atoms with Gasteiger partial charge in [-0.25, -0.2) is 4.68 Å². The van der Waals surface area contributed by atoms with E-state index in [9.17, 15) is 41.2 Å². The van der Waals surface area contributed by atoms with Gasteiger partial charge in [-0.2, -0.15) is 36.7 Å². The Kier molecular flexibility index (Phi) is 7.59. The molecule has 1 aromatic carbocycles. The number of aromatic nitrogens is 2. The second-order valence-corrected chi connectivity index (χ2v) is 7.60. The van der Waals surface area contributed by atoms with Crippen LogP contribution >= 0.6 is 35.0 Å². The topological polar surface area (TPSA) is 97.0 Å². The minimum atomic E-state index is -4.94. The molecule has 0 bridgehead atoms. The Bertz CT molecular complexity index is 1090. The summed E-state index contributed by atoms with van der Waals surface area (Å²) >= 11 is 11.0. The number of thioether (sulfide) groups is 1. The van der Waals surface area contributed by atoms with E-state index < -0.39 is 79.6 Å². The van der Waals surface area contributed by atoms with E-state index in [1.54, 1.807) is 0 Å². The molecule has 0 aliphatic heterocycles. The van der Waals surface area contributed by atoms with E-state index >= 15 is 0 Å². The second kappa shape index (κ2) is 9.47. The minimum absolute atomic E-state index is 0.442. The summed E-state index contributed by atoms with van der Waals surface area (Å²) in [6.45, 7) is 0.0605. The van der Waals surface area contributed by atoms with E-state index in [-0.39, 0.29) is 0 Å². The van der Waals surface area contributed by atoms with E-state index in [0.29, 0.717) is 16.8 Å². The van der Waals surface area contributed by atoms with E-state index in [2.05, 4.69) is 9.84 Å². The number of hydrogen-bond acceptors (Lipinski definition) is 6. The maximum Gasteiger partial charge on any atom is 0.446 e. The molecule has 1 amide bonds. The fourth-order valence-corrected chi connectivity index (χ4v) is 3.52. The maximum atomic E-state index is 13.0. The van der Waals surface area contributed by atoms with Crippen LogP contribution < -0.4 is 5.32 Å². The third kappa shape index (κ3) is 6.21. The Labute approximate surface area is 189 Å². The Morgan fingerprint density at radius 2 is 1.78 bits per heavy atom. The Balaban J connectivity index is 2.71. The zero-order valence-electron chi connectivity index (χ0n) is 15.4. The van der Waals surface area contributed by atoms with Crippen molar-refractivity contribution in [1.29, 1.82) is 5.26 Å². The largest absolute Gasteiger partial charge is 0.456 e. The first-order valence-electron chi connectivity index (χ1n) is 7.92. The fraction of sp³-hybridized carbons (Fsp3) is 0.250. The van der Waals surface area contributed by atoms with Gasteiger partial charge in [0.25, 0.3) is 5.91 Å². The van der Waals surface area contributed by atoms with Gasteiger partial charge in [0.05, 0.1) is 20.5 Å². The molecule has 0 spiro atoms. The first-order valence-corrected chi connectivity index (χ1v) is 9.50. The van der Waals surface area contributed by atoms with Crippen molar-refractivity contribution < 1.29 is 40.7 Å². The molecule has 2 aromatic rings. The van der Waals surface area contributed by atoms with Gasteiger partial charge in [-0.1, -0.05) is 23.2 Å². The molecule has 0 atom stereocenters. The number of anilines is 1.